The lowest BCUT2D eigenvalue weighted by Gasteiger charge is -2.14. The molecule has 0 saturated heterocycles. The molecule has 4 heteroatoms. The summed E-state index contributed by atoms with van der Waals surface area (Å²) in [5, 5.41) is 6.65. The smallest absolute Gasteiger partial charge is 0.153 e. The van der Waals surface area contributed by atoms with Crippen LogP contribution < -0.4 is 0 Å². The minimum absolute atomic E-state index is 0.288. The van der Waals surface area contributed by atoms with Crippen LogP contribution in [0.5, 0.6) is 0 Å². The molecule has 1 aromatic heterocycles. The molecule has 0 bridgehead atoms. The van der Waals surface area contributed by atoms with Gasteiger partial charge in [-0.25, -0.2) is 0 Å². The van der Waals surface area contributed by atoms with Gasteiger partial charge in [0.25, 0.3) is 0 Å². The molecule has 0 saturated carbocycles. The first kappa shape index (κ1) is 10.6. The first-order valence-corrected chi connectivity index (χ1v) is 4.93. The van der Waals surface area contributed by atoms with Crippen LogP contribution in [0.25, 0.3) is 0 Å². The number of carbonyl (C=O) groups excluding carboxylic acids is 1. The fourth-order valence-corrected chi connectivity index (χ4v) is 1.66. The van der Waals surface area contributed by atoms with E-state index in [0.29, 0.717) is 11.3 Å². The second kappa shape index (κ2) is 4.72. The number of nitrogens with one attached hydrogen (secondary N) is 1. The summed E-state index contributed by atoms with van der Waals surface area (Å²) in [6.45, 7) is 0. The van der Waals surface area contributed by atoms with E-state index in [9.17, 15) is 4.79 Å². The van der Waals surface area contributed by atoms with Gasteiger partial charge in [0.05, 0.1) is 17.5 Å². The molecule has 0 spiro atoms. The minimum atomic E-state index is -0.288. The van der Waals surface area contributed by atoms with Crippen LogP contribution in [-0.4, -0.2) is 23.6 Å². The van der Waals surface area contributed by atoms with Crippen LogP contribution in [0.4, 0.5) is 0 Å². The molecule has 1 aromatic carbocycles. The second-order valence-corrected chi connectivity index (χ2v) is 3.38. The highest BCUT2D eigenvalue weighted by Crippen LogP contribution is 2.25. The Morgan fingerprint density at radius 3 is 2.75 bits per heavy atom. The zero-order valence-electron chi connectivity index (χ0n) is 8.88. The molecule has 0 radical (unpaired) electrons. The average Bonchev–Trinajstić information content (AvgIpc) is 2.80. The molecule has 82 valence electrons. The average molecular weight is 216 g/mol. The quantitative estimate of drug-likeness (QED) is 0.795. The maximum atomic E-state index is 10.8. The summed E-state index contributed by atoms with van der Waals surface area (Å²) in [6.07, 6.45) is 1.98. The minimum Gasteiger partial charge on any atom is -0.370 e. The number of rotatable bonds is 4. The first-order chi connectivity index (χ1) is 7.86. The number of H-pyrrole nitrogens is 1. The number of hydrogen-bond donors (Lipinski definition) is 1. The third-order valence-electron chi connectivity index (χ3n) is 2.43. The predicted octanol–water partition coefficient (Wildman–Crippen LogP) is 1.96. The Morgan fingerprint density at radius 1 is 1.38 bits per heavy atom. The molecule has 1 heterocycles. The predicted molar refractivity (Wildman–Crippen MR) is 59.3 cm³/mol. The molecule has 0 aliphatic rings. The molecule has 0 amide bonds. The molecule has 0 aliphatic heterocycles. The van der Waals surface area contributed by atoms with Crippen molar-refractivity contribution < 1.29 is 9.53 Å². The van der Waals surface area contributed by atoms with Crippen LogP contribution in [0.1, 0.15) is 27.7 Å². The normalized spacial score (nSPS) is 12.3. The molecule has 1 atom stereocenters. The number of methoxy groups -OCH3 is 1. The van der Waals surface area contributed by atoms with Gasteiger partial charge in [0.15, 0.2) is 6.29 Å². The van der Waals surface area contributed by atoms with Gasteiger partial charge in [-0.1, -0.05) is 30.3 Å². The van der Waals surface area contributed by atoms with E-state index < -0.39 is 0 Å². The fraction of sp³-hybridized carbons (Fsp3) is 0.167. The van der Waals surface area contributed by atoms with Gasteiger partial charge >= 0.3 is 0 Å². The summed E-state index contributed by atoms with van der Waals surface area (Å²) in [6, 6.07) is 9.69. The molecular weight excluding hydrogens is 204 g/mol. The standard InChI is InChI=1S/C12H12N2O2/c1-16-12(9-5-3-2-4-6-9)11-10(8-15)7-13-14-11/h2-8,12H,1H3,(H,13,14). The number of ether oxygens (including phenoxy) is 1. The lowest BCUT2D eigenvalue weighted by Crippen LogP contribution is -2.06. The van der Waals surface area contributed by atoms with E-state index in [1.54, 1.807) is 7.11 Å². The van der Waals surface area contributed by atoms with Crippen molar-refractivity contribution in [1.29, 1.82) is 0 Å². The molecule has 4 nitrogen and oxygen atoms in total. The lowest BCUT2D eigenvalue weighted by molar-refractivity contribution is 0.110. The summed E-state index contributed by atoms with van der Waals surface area (Å²) in [5.74, 6) is 0. The van der Waals surface area contributed by atoms with Crippen molar-refractivity contribution in [3.63, 3.8) is 0 Å². The Kier molecular flexibility index (Phi) is 3.12. The van der Waals surface area contributed by atoms with Crippen LogP contribution in [0.2, 0.25) is 0 Å². The zero-order chi connectivity index (χ0) is 11.4. The highest BCUT2D eigenvalue weighted by molar-refractivity contribution is 5.76. The van der Waals surface area contributed by atoms with Crippen molar-refractivity contribution in [2.24, 2.45) is 0 Å². The molecule has 2 rings (SSSR count). The third-order valence-corrected chi connectivity index (χ3v) is 2.43. The van der Waals surface area contributed by atoms with Crippen LogP contribution >= 0.6 is 0 Å². The molecule has 2 aromatic rings. The molecule has 0 aliphatic carbocycles. The Bertz CT molecular complexity index is 465. The van der Waals surface area contributed by atoms with Crippen molar-refractivity contribution in [2.75, 3.05) is 7.11 Å². The molecule has 1 unspecified atom stereocenters. The number of aromatic nitrogens is 2. The van der Waals surface area contributed by atoms with Gasteiger partial charge < -0.3 is 4.74 Å². The Hall–Kier alpha value is -1.94. The van der Waals surface area contributed by atoms with Crippen molar-refractivity contribution in [1.82, 2.24) is 10.2 Å². The van der Waals surface area contributed by atoms with Gasteiger partial charge in [-0.3, -0.25) is 9.89 Å². The highest BCUT2D eigenvalue weighted by Gasteiger charge is 2.18. The number of aromatic amines is 1. The van der Waals surface area contributed by atoms with E-state index in [1.807, 2.05) is 30.3 Å². The van der Waals surface area contributed by atoms with Crippen LogP contribution in [0.3, 0.4) is 0 Å². The second-order valence-electron chi connectivity index (χ2n) is 3.38. The van der Waals surface area contributed by atoms with Crippen molar-refractivity contribution >= 4 is 6.29 Å². The van der Waals surface area contributed by atoms with Crippen molar-refractivity contribution in [3.8, 4) is 0 Å². The number of nitrogens with zero attached hydrogens (tertiary/aromatic N) is 1. The first-order valence-electron chi connectivity index (χ1n) is 4.93. The lowest BCUT2D eigenvalue weighted by atomic mass is 10.0. The van der Waals surface area contributed by atoms with Gasteiger partial charge in [0, 0.05) is 7.11 Å². The van der Waals surface area contributed by atoms with Gasteiger partial charge in [-0.15, -0.1) is 0 Å². The van der Waals surface area contributed by atoms with E-state index in [2.05, 4.69) is 10.2 Å². The molecular formula is C12H12N2O2. The Balaban J connectivity index is 2.40. The molecule has 1 N–H and O–H groups in total. The van der Waals surface area contributed by atoms with Gasteiger partial charge in [-0.05, 0) is 5.56 Å². The summed E-state index contributed by atoms with van der Waals surface area (Å²) >= 11 is 0. The van der Waals surface area contributed by atoms with Crippen LogP contribution in [-0.2, 0) is 4.74 Å². The fourth-order valence-electron chi connectivity index (χ4n) is 1.66. The summed E-state index contributed by atoms with van der Waals surface area (Å²) in [5.41, 5.74) is 2.19. The van der Waals surface area contributed by atoms with Crippen LogP contribution in [0, 0.1) is 0 Å². The summed E-state index contributed by atoms with van der Waals surface area (Å²) in [4.78, 5) is 10.8. The number of hydrogen-bond acceptors (Lipinski definition) is 3. The number of benzene rings is 1. The zero-order valence-corrected chi connectivity index (χ0v) is 8.88. The Morgan fingerprint density at radius 2 is 2.12 bits per heavy atom. The van der Waals surface area contributed by atoms with Gasteiger partial charge in [0.1, 0.15) is 6.10 Å². The monoisotopic (exact) mass is 216 g/mol. The van der Waals surface area contributed by atoms with E-state index in [4.69, 9.17) is 4.74 Å². The summed E-state index contributed by atoms with van der Waals surface area (Å²) in [7, 11) is 1.60. The molecule has 0 fully saturated rings. The van der Waals surface area contributed by atoms with E-state index in [1.165, 1.54) is 6.20 Å². The van der Waals surface area contributed by atoms with E-state index in [0.717, 1.165) is 11.8 Å². The van der Waals surface area contributed by atoms with E-state index >= 15 is 0 Å². The van der Waals surface area contributed by atoms with Crippen molar-refractivity contribution in [2.45, 2.75) is 6.10 Å². The Labute approximate surface area is 93.3 Å². The van der Waals surface area contributed by atoms with Crippen LogP contribution in [0.15, 0.2) is 36.5 Å². The van der Waals surface area contributed by atoms with E-state index in [-0.39, 0.29) is 6.10 Å². The number of aldehydes is 1. The topological polar surface area (TPSA) is 55.0 Å². The maximum Gasteiger partial charge on any atom is 0.153 e. The van der Waals surface area contributed by atoms with Gasteiger partial charge in [0.2, 0.25) is 0 Å². The molecule has 16 heavy (non-hydrogen) atoms. The van der Waals surface area contributed by atoms with Crippen molar-refractivity contribution in [3.05, 3.63) is 53.3 Å². The summed E-state index contributed by atoms with van der Waals surface area (Å²) < 4.78 is 5.39. The number of carbonyl (C=O) groups is 1. The highest BCUT2D eigenvalue weighted by atomic mass is 16.5. The third kappa shape index (κ3) is 1.87. The van der Waals surface area contributed by atoms with Gasteiger partial charge in [-0.2, -0.15) is 5.10 Å². The maximum absolute atomic E-state index is 10.8. The largest absolute Gasteiger partial charge is 0.370 e. The SMILES string of the molecule is COC(c1ccccc1)c1[nH]ncc1C=O.